The molecule has 2 N–H and O–H groups in total. The SMILES string of the molecule is CN=C(NCCCOCC1CCCO1)NCC(c1ccc(OC)cc1)N1CCOCC1. The summed E-state index contributed by atoms with van der Waals surface area (Å²) >= 11 is 0. The quantitative estimate of drug-likeness (QED) is 0.313. The van der Waals surface area contributed by atoms with Crippen LogP contribution < -0.4 is 15.4 Å². The summed E-state index contributed by atoms with van der Waals surface area (Å²) < 4.78 is 22.2. The fraction of sp³-hybridized carbons (Fsp3) is 0.696. The molecule has 1 aromatic rings. The molecule has 2 fully saturated rings. The van der Waals surface area contributed by atoms with E-state index in [2.05, 4.69) is 32.7 Å². The highest BCUT2D eigenvalue weighted by Crippen LogP contribution is 2.23. The monoisotopic (exact) mass is 434 g/mol. The van der Waals surface area contributed by atoms with Gasteiger partial charge in [-0.25, -0.2) is 0 Å². The first kappa shape index (κ1) is 23.8. The summed E-state index contributed by atoms with van der Waals surface area (Å²) in [5, 5.41) is 6.88. The van der Waals surface area contributed by atoms with Crippen LogP contribution in [0.15, 0.2) is 29.3 Å². The number of rotatable bonds is 11. The highest BCUT2D eigenvalue weighted by atomic mass is 16.5. The molecule has 0 aliphatic carbocycles. The largest absolute Gasteiger partial charge is 0.497 e. The Morgan fingerprint density at radius 3 is 2.68 bits per heavy atom. The van der Waals surface area contributed by atoms with Crippen molar-refractivity contribution >= 4 is 5.96 Å². The summed E-state index contributed by atoms with van der Waals surface area (Å²) in [6.07, 6.45) is 3.49. The number of hydrogen-bond acceptors (Lipinski definition) is 6. The topological polar surface area (TPSA) is 76.6 Å². The van der Waals surface area contributed by atoms with Gasteiger partial charge in [0.1, 0.15) is 5.75 Å². The van der Waals surface area contributed by atoms with Gasteiger partial charge in [-0.2, -0.15) is 0 Å². The Bertz CT molecular complexity index is 643. The molecule has 2 saturated heterocycles. The number of aliphatic imine (C=N–C) groups is 1. The van der Waals surface area contributed by atoms with Crippen molar-refractivity contribution in [3.05, 3.63) is 29.8 Å². The summed E-state index contributed by atoms with van der Waals surface area (Å²) in [6.45, 7) is 7.27. The maximum absolute atomic E-state index is 5.73. The average Bonchev–Trinajstić information content (AvgIpc) is 3.34. The molecule has 1 aromatic carbocycles. The molecule has 2 heterocycles. The molecule has 174 valence electrons. The Hall–Kier alpha value is -1.87. The van der Waals surface area contributed by atoms with E-state index in [0.717, 1.165) is 83.6 Å². The molecule has 31 heavy (non-hydrogen) atoms. The van der Waals surface area contributed by atoms with Crippen LogP contribution >= 0.6 is 0 Å². The van der Waals surface area contributed by atoms with Crippen molar-refractivity contribution in [1.82, 2.24) is 15.5 Å². The lowest BCUT2D eigenvalue weighted by atomic mass is 10.0. The van der Waals surface area contributed by atoms with Crippen molar-refractivity contribution in [2.24, 2.45) is 4.99 Å². The Kier molecular flexibility index (Phi) is 10.4. The predicted molar refractivity (Wildman–Crippen MR) is 122 cm³/mol. The van der Waals surface area contributed by atoms with Gasteiger partial charge in [0.15, 0.2) is 5.96 Å². The lowest BCUT2D eigenvalue weighted by Gasteiger charge is -2.35. The van der Waals surface area contributed by atoms with Gasteiger partial charge in [0.05, 0.1) is 39.1 Å². The van der Waals surface area contributed by atoms with Gasteiger partial charge in [0.25, 0.3) is 0 Å². The zero-order chi connectivity index (χ0) is 21.7. The lowest BCUT2D eigenvalue weighted by Crippen LogP contribution is -2.46. The third-order valence-corrected chi connectivity index (χ3v) is 5.76. The summed E-state index contributed by atoms with van der Waals surface area (Å²) in [5.74, 6) is 1.68. The molecule has 2 aliphatic rings. The van der Waals surface area contributed by atoms with Crippen molar-refractivity contribution < 1.29 is 18.9 Å². The van der Waals surface area contributed by atoms with E-state index < -0.39 is 0 Å². The van der Waals surface area contributed by atoms with Crippen LogP contribution in [0.2, 0.25) is 0 Å². The zero-order valence-electron chi connectivity index (χ0n) is 19.0. The number of ether oxygens (including phenoxy) is 4. The highest BCUT2D eigenvalue weighted by molar-refractivity contribution is 5.79. The third-order valence-electron chi connectivity index (χ3n) is 5.76. The van der Waals surface area contributed by atoms with E-state index in [9.17, 15) is 0 Å². The van der Waals surface area contributed by atoms with Crippen molar-refractivity contribution in [1.29, 1.82) is 0 Å². The molecular weight excluding hydrogens is 396 g/mol. The zero-order valence-corrected chi connectivity index (χ0v) is 19.0. The summed E-state index contributed by atoms with van der Waals surface area (Å²) in [4.78, 5) is 6.84. The fourth-order valence-corrected chi connectivity index (χ4v) is 3.96. The molecular formula is C23H38N4O4. The first-order chi connectivity index (χ1) is 15.3. The maximum atomic E-state index is 5.73. The van der Waals surface area contributed by atoms with Crippen molar-refractivity contribution in [3.63, 3.8) is 0 Å². The number of benzene rings is 1. The summed E-state index contributed by atoms with van der Waals surface area (Å²) in [6, 6.07) is 8.56. The van der Waals surface area contributed by atoms with Gasteiger partial charge in [0, 0.05) is 46.4 Å². The Balaban J connectivity index is 1.43. The second-order valence-corrected chi connectivity index (χ2v) is 7.88. The van der Waals surface area contributed by atoms with Crippen LogP contribution in [-0.4, -0.2) is 90.3 Å². The van der Waals surface area contributed by atoms with Crippen LogP contribution in [0.1, 0.15) is 30.9 Å². The van der Waals surface area contributed by atoms with Crippen LogP contribution in [0, 0.1) is 0 Å². The molecule has 0 amide bonds. The van der Waals surface area contributed by atoms with E-state index in [1.807, 2.05) is 12.1 Å². The molecule has 2 atom stereocenters. The lowest BCUT2D eigenvalue weighted by molar-refractivity contribution is 0.0165. The van der Waals surface area contributed by atoms with Crippen LogP contribution in [0.25, 0.3) is 0 Å². The predicted octanol–water partition coefficient (Wildman–Crippen LogP) is 1.82. The molecule has 0 spiro atoms. The van der Waals surface area contributed by atoms with E-state index >= 15 is 0 Å². The van der Waals surface area contributed by atoms with Crippen LogP contribution in [-0.2, 0) is 14.2 Å². The Morgan fingerprint density at radius 1 is 1.19 bits per heavy atom. The van der Waals surface area contributed by atoms with Gasteiger partial charge in [-0.3, -0.25) is 9.89 Å². The number of morpholine rings is 1. The van der Waals surface area contributed by atoms with Crippen molar-refractivity contribution in [3.8, 4) is 5.75 Å². The molecule has 2 aliphatic heterocycles. The summed E-state index contributed by atoms with van der Waals surface area (Å²) in [7, 11) is 3.50. The number of methoxy groups -OCH3 is 1. The number of guanidine groups is 1. The van der Waals surface area contributed by atoms with Gasteiger partial charge >= 0.3 is 0 Å². The van der Waals surface area contributed by atoms with Crippen molar-refractivity contribution in [2.75, 3.05) is 73.4 Å². The fourth-order valence-electron chi connectivity index (χ4n) is 3.96. The molecule has 0 radical (unpaired) electrons. The average molecular weight is 435 g/mol. The minimum absolute atomic E-state index is 0.239. The Morgan fingerprint density at radius 2 is 2.00 bits per heavy atom. The molecule has 8 nitrogen and oxygen atoms in total. The third kappa shape index (κ3) is 7.96. The first-order valence-corrected chi connectivity index (χ1v) is 11.4. The van der Waals surface area contributed by atoms with Crippen LogP contribution in [0.5, 0.6) is 5.75 Å². The number of hydrogen-bond donors (Lipinski definition) is 2. The second-order valence-electron chi connectivity index (χ2n) is 7.88. The molecule has 0 bridgehead atoms. The minimum atomic E-state index is 0.239. The van der Waals surface area contributed by atoms with E-state index in [-0.39, 0.29) is 12.1 Å². The van der Waals surface area contributed by atoms with Gasteiger partial charge < -0.3 is 29.6 Å². The minimum Gasteiger partial charge on any atom is -0.497 e. The van der Waals surface area contributed by atoms with Gasteiger partial charge in [0.2, 0.25) is 0 Å². The standard InChI is InChI=1S/C23H38N4O4/c1-24-23(25-10-4-13-30-18-21-5-3-14-31-21)26-17-22(27-11-15-29-16-12-27)19-6-8-20(28-2)9-7-19/h6-9,21-22H,3-5,10-18H2,1-2H3,(H2,24,25,26). The van der Waals surface area contributed by atoms with E-state index in [1.54, 1.807) is 14.2 Å². The number of nitrogens with one attached hydrogen (secondary N) is 2. The van der Waals surface area contributed by atoms with Gasteiger partial charge in [-0.15, -0.1) is 0 Å². The van der Waals surface area contributed by atoms with Crippen molar-refractivity contribution in [2.45, 2.75) is 31.4 Å². The first-order valence-electron chi connectivity index (χ1n) is 11.4. The highest BCUT2D eigenvalue weighted by Gasteiger charge is 2.23. The molecule has 8 heteroatoms. The van der Waals surface area contributed by atoms with Crippen LogP contribution in [0.4, 0.5) is 0 Å². The molecule has 2 unspecified atom stereocenters. The van der Waals surface area contributed by atoms with E-state index in [1.165, 1.54) is 5.56 Å². The summed E-state index contributed by atoms with van der Waals surface area (Å²) in [5.41, 5.74) is 1.26. The molecule has 3 rings (SSSR count). The molecule has 0 aromatic heterocycles. The van der Waals surface area contributed by atoms with Crippen LogP contribution in [0.3, 0.4) is 0 Å². The maximum Gasteiger partial charge on any atom is 0.191 e. The Labute approximate surface area is 186 Å². The van der Waals surface area contributed by atoms with Gasteiger partial charge in [-0.1, -0.05) is 12.1 Å². The molecule has 0 saturated carbocycles. The van der Waals surface area contributed by atoms with E-state index in [0.29, 0.717) is 6.61 Å². The normalized spacial score (nSPS) is 21.1. The smallest absolute Gasteiger partial charge is 0.191 e. The second kappa shape index (κ2) is 13.5. The number of nitrogens with zero attached hydrogens (tertiary/aromatic N) is 2. The van der Waals surface area contributed by atoms with E-state index in [4.69, 9.17) is 18.9 Å². The van der Waals surface area contributed by atoms with Gasteiger partial charge in [-0.05, 0) is 37.0 Å².